The summed E-state index contributed by atoms with van der Waals surface area (Å²) in [6.45, 7) is 5.67. The Morgan fingerprint density at radius 1 is 1.00 bits per heavy atom. The van der Waals surface area contributed by atoms with Crippen LogP contribution in [0.1, 0.15) is 28.7 Å². The summed E-state index contributed by atoms with van der Waals surface area (Å²) >= 11 is 0. The van der Waals surface area contributed by atoms with Gasteiger partial charge in [0.25, 0.3) is 5.91 Å². The number of carbonyl (C=O) groups excluding carboxylic acids is 1. The number of methoxy groups -OCH3 is 1. The van der Waals surface area contributed by atoms with Gasteiger partial charge in [0.1, 0.15) is 17.4 Å². The highest BCUT2D eigenvalue weighted by molar-refractivity contribution is 6.12. The second kappa shape index (κ2) is 11.5. The minimum Gasteiger partial charge on any atom is -0.493 e. The lowest BCUT2D eigenvalue weighted by molar-refractivity contribution is -0.114. The predicted molar refractivity (Wildman–Crippen MR) is 141 cm³/mol. The molecule has 0 aliphatic carbocycles. The number of benzene rings is 3. The average Bonchev–Trinajstić information content (AvgIpc) is 3.32. The Hall–Kier alpha value is -4.24. The van der Waals surface area contributed by atoms with Crippen molar-refractivity contribution >= 4 is 17.7 Å². The predicted octanol–water partition coefficient (Wildman–Crippen LogP) is 5.66. The molecule has 0 atom stereocenters. The van der Waals surface area contributed by atoms with Crippen molar-refractivity contribution in [3.63, 3.8) is 0 Å². The summed E-state index contributed by atoms with van der Waals surface area (Å²) in [4.78, 5) is 14.7. The maximum atomic E-state index is 13.1. The molecule has 1 amide bonds. The maximum Gasteiger partial charge on any atom is 0.268 e. The fourth-order valence-electron chi connectivity index (χ4n) is 4.28. The molecule has 6 heteroatoms. The highest BCUT2D eigenvalue weighted by Crippen LogP contribution is 2.31. The van der Waals surface area contributed by atoms with E-state index in [9.17, 15) is 10.1 Å². The number of hydrogen-bond donors (Lipinski definition) is 0. The van der Waals surface area contributed by atoms with Gasteiger partial charge in [0.15, 0.2) is 11.5 Å². The van der Waals surface area contributed by atoms with Gasteiger partial charge in [-0.15, -0.1) is 0 Å². The largest absolute Gasteiger partial charge is 0.493 e. The standard InChI is InChI=1S/C30H30N2O4/c1-21-9-11-27(22(2)17-21)35-15-6-16-36-28-12-10-23(19-29(28)34-3)18-25(20-31)30(33)32-14-13-24-7-4-5-8-26(24)32/h4-5,7-12,17-19H,6,13-16H2,1-3H3/b25-18+. The SMILES string of the molecule is COc1cc(/C=C(\C#N)C(=O)N2CCc3ccccc32)ccc1OCCCOc1ccc(C)cc1C. The molecule has 0 saturated heterocycles. The first kappa shape index (κ1) is 24.9. The van der Waals surface area contributed by atoms with Crippen molar-refractivity contribution in [1.82, 2.24) is 0 Å². The lowest BCUT2D eigenvalue weighted by Gasteiger charge is -2.16. The number of nitriles is 1. The highest BCUT2D eigenvalue weighted by atomic mass is 16.5. The van der Waals surface area contributed by atoms with Gasteiger partial charge in [0.2, 0.25) is 0 Å². The van der Waals surface area contributed by atoms with Gasteiger partial charge in [-0.1, -0.05) is 42.0 Å². The Kier molecular flexibility index (Phi) is 7.92. The van der Waals surface area contributed by atoms with E-state index in [0.29, 0.717) is 43.2 Å². The summed E-state index contributed by atoms with van der Waals surface area (Å²) in [6.07, 6.45) is 3.09. The van der Waals surface area contributed by atoms with Gasteiger partial charge in [0, 0.05) is 18.7 Å². The van der Waals surface area contributed by atoms with Crippen molar-refractivity contribution in [3.05, 3.63) is 88.5 Å². The van der Waals surface area contributed by atoms with Gasteiger partial charge in [0.05, 0.1) is 20.3 Å². The van der Waals surface area contributed by atoms with Gasteiger partial charge in [-0.3, -0.25) is 4.79 Å². The molecule has 1 aliphatic heterocycles. The van der Waals surface area contributed by atoms with E-state index < -0.39 is 0 Å². The Labute approximate surface area is 212 Å². The van der Waals surface area contributed by atoms with Gasteiger partial charge in [-0.2, -0.15) is 5.26 Å². The van der Waals surface area contributed by atoms with Gasteiger partial charge in [-0.05, 0) is 67.3 Å². The average molecular weight is 483 g/mol. The minimum absolute atomic E-state index is 0.0750. The first-order chi connectivity index (χ1) is 17.5. The molecule has 184 valence electrons. The van der Waals surface area contributed by atoms with Crippen molar-refractivity contribution in [2.24, 2.45) is 0 Å². The van der Waals surface area contributed by atoms with Crippen molar-refractivity contribution < 1.29 is 19.0 Å². The number of rotatable bonds is 9. The molecule has 0 bridgehead atoms. The number of anilines is 1. The van der Waals surface area contributed by atoms with Crippen molar-refractivity contribution in [2.75, 3.05) is 31.8 Å². The molecule has 0 fully saturated rings. The molecule has 1 aliphatic rings. The summed E-state index contributed by atoms with van der Waals surface area (Å²) in [5, 5.41) is 9.69. The van der Waals surface area contributed by atoms with Crippen LogP contribution in [0.5, 0.6) is 17.2 Å². The first-order valence-corrected chi connectivity index (χ1v) is 12.0. The van der Waals surface area contributed by atoms with Crippen molar-refractivity contribution in [2.45, 2.75) is 26.7 Å². The maximum absolute atomic E-state index is 13.1. The molecule has 0 radical (unpaired) electrons. The molecule has 0 N–H and O–H groups in total. The van der Waals surface area contributed by atoms with Crippen LogP contribution < -0.4 is 19.1 Å². The monoisotopic (exact) mass is 482 g/mol. The molecule has 1 heterocycles. The minimum atomic E-state index is -0.300. The number of aryl methyl sites for hydroxylation is 2. The Bertz CT molecular complexity index is 1320. The number of para-hydroxylation sites is 1. The molecule has 0 unspecified atom stereocenters. The molecule has 0 saturated carbocycles. The van der Waals surface area contributed by atoms with E-state index in [1.807, 2.05) is 49.4 Å². The van der Waals surface area contributed by atoms with Crippen LogP contribution in [0, 0.1) is 25.2 Å². The molecular weight excluding hydrogens is 452 g/mol. The third-order valence-electron chi connectivity index (χ3n) is 6.12. The van der Waals surface area contributed by atoms with E-state index >= 15 is 0 Å². The molecule has 6 nitrogen and oxygen atoms in total. The lowest BCUT2D eigenvalue weighted by Crippen LogP contribution is -2.29. The smallest absolute Gasteiger partial charge is 0.268 e. The quantitative estimate of drug-likeness (QED) is 0.224. The van der Waals surface area contributed by atoms with Gasteiger partial charge in [-0.25, -0.2) is 0 Å². The molecular formula is C30H30N2O4. The van der Waals surface area contributed by atoms with Crippen LogP contribution in [0.3, 0.4) is 0 Å². The molecule has 36 heavy (non-hydrogen) atoms. The van der Waals surface area contributed by atoms with E-state index in [1.165, 1.54) is 5.56 Å². The summed E-state index contributed by atoms with van der Waals surface area (Å²) in [5.74, 6) is 1.72. The zero-order valence-corrected chi connectivity index (χ0v) is 20.9. The van der Waals surface area contributed by atoms with E-state index in [0.717, 1.165) is 29.0 Å². The Morgan fingerprint density at radius 3 is 2.50 bits per heavy atom. The van der Waals surface area contributed by atoms with Crippen LogP contribution in [0.25, 0.3) is 6.08 Å². The van der Waals surface area contributed by atoms with E-state index in [4.69, 9.17) is 14.2 Å². The Morgan fingerprint density at radius 2 is 1.75 bits per heavy atom. The highest BCUT2D eigenvalue weighted by Gasteiger charge is 2.26. The fraction of sp³-hybridized carbons (Fsp3) is 0.267. The third-order valence-corrected chi connectivity index (χ3v) is 6.12. The summed E-state index contributed by atoms with van der Waals surface area (Å²) < 4.78 is 17.3. The number of carbonyl (C=O) groups is 1. The zero-order valence-electron chi connectivity index (χ0n) is 20.9. The number of nitrogens with zero attached hydrogens (tertiary/aromatic N) is 2. The number of fused-ring (bicyclic) bond motifs is 1. The van der Waals surface area contributed by atoms with E-state index in [2.05, 4.69) is 19.1 Å². The van der Waals surface area contributed by atoms with E-state index in [1.54, 1.807) is 30.2 Å². The summed E-state index contributed by atoms with van der Waals surface area (Å²) in [7, 11) is 1.57. The second-order valence-electron chi connectivity index (χ2n) is 8.74. The van der Waals surface area contributed by atoms with Crippen LogP contribution in [0.4, 0.5) is 5.69 Å². The first-order valence-electron chi connectivity index (χ1n) is 12.0. The summed E-state index contributed by atoms with van der Waals surface area (Å²) in [5.41, 5.74) is 5.07. The normalized spacial score (nSPS) is 12.6. The van der Waals surface area contributed by atoms with Crippen LogP contribution >= 0.6 is 0 Å². The van der Waals surface area contributed by atoms with Crippen molar-refractivity contribution in [3.8, 4) is 23.3 Å². The van der Waals surface area contributed by atoms with E-state index in [-0.39, 0.29) is 11.5 Å². The molecule has 4 rings (SSSR count). The molecule has 3 aromatic rings. The molecule has 0 spiro atoms. The molecule has 3 aromatic carbocycles. The number of ether oxygens (including phenoxy) is 3. The van der Waals surface area contributed by atoms with Crippen LogP contribution in [0.15, 0.2) is 66.2 Å². The van der Waals surface area contributed by atoms with Gasteiger partial charge < -0.3 is 19.1 Å². The zero-order chi connectivity index (χ0) is 25.5. The van der Waals surface area contributed by atoms with Crippen molar-refractivity contribution in [1.29, 1.82) is 5.26 Å². The number of hydrogen-bond acceptors (Lipinski definition) is 5. The van der Waals surface area contributed by atoms with Crippen LogP contribution in [0.2, 0.25) is 0 Å². The Balaban J connectivity index is 1.37. The third kappa shape index (κ3) is 5.69. The van der Waals surface area contributed by atoms with Gasteiger partial charge >= 0.3 is 0 Å². The van der Waals surface area contributed by atoms with Crippen LogP contribution in [-0.2, 0) is 11.2 Å². The topological polar surface area (TPSA) is 71.8 Å². The second-order valence-corrected chi connectivity index (χ2v) is 8.74. The summed E-state index contributed by atoms with van der Waals surface area (Å²) in [6, 6.07) is 21.3. The number of amides is 1. The molecule has 0 aromatic heterocycles. The lowest BCUT2D eigenvalue weighted by atomic mass is 10.1. The van der Waals surface area contributed by atoms with Crippen LogP contribution in [-0.4, -0.2) is 32.8 Å². The fourth-order valence-corrected chi connectivity index (χ4v) is 4.28.